The fourth-order valence-electron chi connectivity index (χ4n) is 4.25. The van der Waals surface area contributed by atoms with Crippen molar-refractivity contribution in [3.63, 3.8) is 0 Å². The number of hydrogen-bond acceptors (Lipinski definition) is 4. The summed E-state index contributed by atoms with van der Waals surface area (Å²) >= 11 is 12.1. The highest BCUT2D eigenvalue weighted by Gasteiger charge is 2.65. The van der Waals surface area contributed by atoms with Crippen LogP contribution in [0.5, 0.6) is 0 Å². The molecule has 2 heterocycles. The third-order valence-electron chi connectivity index (χ3n) is 5.91. The molecule has 0 spiro atoms. The van der Waals surface area contributed by atoms with Gasteiger partial charge in [-0.2, -0.15) is 0 Å². The van der Waals surface area contributed by atoms with Gasteiger partial charge in [-0.15, -0.1) is 23.2 Å². The Morgan fingerprint density at radius 2 is 1.93 bits per heavy atom. The van der Waals surface area contributed by atoms with E-state index in [1.807, 2.05) is 0 Å². The molecule has 1 aromatic carbocycles. The lowest BCUT2D eigenvalue weighted by Crippen LogP contribution is -2.69. The van der Waals surface area contributed by atoms with E-state index in [9.17, 15) is 14.4 Å². The predicted molar refractivity (Wildman–Crippen MR) is 98.6 cm³/mol. The number of carbonyl (C=O) groups excluding carboxylic acids is 3. The first-order valence-electron chi connectivity index (χ1n) is 9.17. The summed E-state index contributed by atoms with van der Waals surface area (Å²) in [6.07, 6.45) is 2.63. The van der Waals surface area contributed by atoms with Crippen LogP contribution in [0, 0.1) is 5.92 Å². The van der Waals surface area contributed by atoms with Gasteiger partial charge in [-0.25, -0.2) is 4.79 Å². The SMILES string of the molecule is O=C1CC[C@@]2(C(=O)OC[C@H]3CC3(Cl)Cl)N1c1ccccc1C(=O)N2C1CC1. The van der Waals surface area contributed by atoms with E-state index in [4.69, 9.17) is 27.9 Å². The van der Waals surface area contributed by atoms with E-state index in [1.165, 1.54) is 4.90 Å². The van der Waals surface area contributed by atoms with Crippen LogP contribution in [0.1, 0.15) is 42.5 Å². The highest BCUT2D eigenvalue weighted by atomic mass is 35.5. The topological polar surface area (TPSA) is 66.9 Å². The third kappa shape index (κ3) is 2.42. The van der Waals surface area contributed by atoms with Gasteiger partial charge in [0.1, 0.15) is 4.33 Å². The van der Waals surface area contributed by atoms with Gasteiger partial charge < -0.3 is 9.64 Å². The molecule has 2 saturated carbocycles. The van der Waals surface area contributed by atoms with Crippen LogP contribution in [-0.2, 0) is 14.3 Å². The lowest BCUT2D eigenvalue weighted by molar-refractivity contribution is -0.158. The van der Waals surface area contributed by atoms with E-state index in [0.717, 1.165) is 12.8 Å². The van der Waals surface area contributed by atoms with Crippen LogP contribution in [-0.4, -0.2) is 45.3 Å². The van der Waals surface area contributed by atoms with E-state index >= 15 is 0 Å². The fraction of sp³-hybridized carbons (Fsp3) is 0.526. The Balaban J connectivity index is 1.56. The summed E-state index contributed by atoms with van der Waals surface area (Å²) in [5.74, 6) is -1.08. The van der Waals surface area contributed by atoms with Crippen LogP contribution in [0.3, 0.4) is 0 Å². The minimum atomic E-state index is -1.40. The molecule has 0 aromatic heterocycles. The minimum absolute atomic E-state index is 0.0483. The zero-order valence-electron chi connectivity index (χ0n) is 14.5. The second-order valence-corrected chi connectivity index (χ2v) is 9.27. The first kappa shape index (κ1) is 17.3. The van der Waals surface area contributed by atoms with Gasteiger partial charge in [-0.05, 0) is 31.4 Å². The number of ether oxygens (including phenoxy) is 1. The summed E-state index contributed by atoms with van der Waals surface area (Å²) in [7, 11) is 0. The number of alkyl halides is 2. The number of para-hydroxylation sites is 1. The van der Waals surface area contributed by atoms with Crippen LogP contribution in [0.4, 0.5) is 5.69 Å². The fourth-order valence-corrected chi connectivity index (χ4v) is 4.75. The first-order valence-corrected chi connectivity index (χ1v) is 9.92. The lowest BCUT2D eigenvalue weighted by atomic mass is 9.96. The Hall–Kier alpha value is -1.79. The highest BCUT2D eigenvalue weighted by Crippen LogP contribution is 2.54. The second kappa shape index (κ2) is 5.61. The zero-order chi connectivity index (χ0) is 19.0. The summed E-state index contributed by atoms with van der Waals surface area (Å²) in [6, 6.07) is 6.90. The van der Waals surface area contributed by atoms with Gasteiger partial charge >= 0.3 is 5.97 Å². The van der Waals surface area contributed by atoms with E-state index in [1.54, 1.807) is 29.2 Å². The second-order valence-electron chi connectivity index (χ2n) is 7.73. The molecule has 27 heavy (non-hydrogen) atoms. The lowest BCUT2D eigenvalue weighted by Gasteiger charge is -2.48. The number of benzene rings is 1. The molecule has 0 N–H and O–H groups in total. The van der Waals surface area contributed by atoms with E-state index < -0.39 is 16.0 Å². The molecule has 0 bridgehead atoms. The normalized spacial score (nSPS) is 30.8. The molecule has 2 atom stereocenters. The standard InChI is InChI=1S/C19H18Cl2N2O4/c20-18(21)9-11(18)10-27-17(26)19-8-7-15(24)23(19)14-4-2-1-3-13(14)16(25)22(19)12-5-6-12/h1-4,11-12H,5-10H2/t11-,19+/m1/s1. The Morgan fingerprint density at radius 1 is 1.22 bits per heavy atom. The quantitative estimate of drug-likeness (QED) is 0.567. The van der Waals surface area contributed by atoms with E-state index in [-0.39, 0.29) is 43.2 Å². The summed E-state index contributed by atoms with van der Waals surface area (Å²) in [4.78, 5) is 42.4. The molecule has 2 amide bonds. The number of rotatable bonds is 4. The molecule has 0 radical (unpaired) electrons. The predicted octanol–water partition coefficient (Wildman–Crippen LogP) is 2.86. The highest BCUT2D eigenvalue weighted by molar-refractivity contribution is 6.50. The number of amides is 2. The van der Waals surface area contributed by atoms with Crippen molar-refractivity contribution in [2.45, 2.75) is 48.1 Å². The van der Waals surface area contributed by atoms with Crippen LogP contribution in [0.15, 0.2) is 24.3 Å². The van der Waals surface area contributed by atoms with Gasteiger partial charge in [0.05, 0.1) is 17.9 Å². The van der Waals surface area contributed by atoms with Gasteiger partial charge in [0, 0.05) is 24.8 Å². The molecule has 1 saturated heterocycles. The summed E-state index contributed by atoms with van der Waals surface area (Å²) in [5, 5.41) is 0. The monoisotopic (exact) mass is 408 g/mol. The smallest absolute Gasteiger partial charge is 0.353 e. The van der Waals surface area contributed by atoms with Gasteiger partial charge in [-0.3, -0.25) is 14.5 Å². The Labute approximate surface area is 166 Å². The number of esters is 1. The van der Waals surface area contributed by atoms with Gasteiger partial charge in [0.2, 0.25) is 11.6 Å². The summed E-state index contributed by atoms with van der Waals surface area (Å²) in [6.45, 7) is 0.0873. The summed E-state index contributed by atoms with van der Waals surface area (Å²) < 4.78 is 4.72. The van der Waals surface area contributed by atoms with E-state index in [2.05, 4.69) is 0 Å². The van der Waals surface area contributed by atoms with Gasteiger partial charge in [0.25, 0.3) is 5.91 Å². The van der Waals surface area contributed by atoms with Crippen LogP contribution in [0.25, 0.3) is 0 Å². The van der Waals surface area contributed by atoms with E-state index in [0.29, 0.717) is 17.7 Å². The molecule has 142 valence electrons. The number of nitrogens with zero attached hydrogens (tertiary/aromatic N) is 2. The Kier molecular flexibility index (Phi) is 3.60. The molecule has 6 nitrogen and oxygen atoms in total. The van der Waals surface area contributed by atoms with Crippen molar-refractivity contribution >= 4 is 46.7 Å². The van der Waals surface area contributed by atoms with Gasteiger partial charge in [0.15, 0.2) is 0 Å². The van der Waals surface area contributed by atoms with Crippen LogP contribution >= 0.6 is 23.2 Å². The number of halogens is 2. The maximum Gasteiger partial charge on any atom is 0.353 e. The van der Waals surface area contributed by atoms with Crippen molar-refractivity contribution in [2.24, 2.45) is 5.92 Å². The Morgan fingerprint density at radius 3 is 2.59 bits per heavy atom. The number of fused-ring (bicyclic) bond motifs is 3. The maximum absolute atomic E-state index is 13.3. The van der Waals surface area contributed by atoms with Crippen molar-refractivity contribution in [1.82, 2.24) is 4.90 Å². The van der Waals surface area contributed by atoms with Crippen LogP contribution in [0.2, 0.25) is 0 Å². The molecule has 0 unspecified atom stereocenters. The van der Waals surface area contributed by atoms with Crippen molar-refractivity contribution in [3.05, 3.63) is 29.8 Å². The first-order chi connectivity index (χ1) is 12.9. The van der Waals surface area contributed by atoms with Crippen molar-refractivity contribution in [1.29, 1.82) is 0 Å². The number of carbonyl (C=O) groups is 3. The number of hydrogen-bond donors (Lipinski definition) is 0. The molecule has 1 aromatic rings. The average molecular weight is 409 g/mol. The van der Waals surface area contributed by atoms with Crippen molar-refractivity contribution in [3.8, 4) is 0 Å². The summed E-state index contributed by atoms with van der Waals surface area (Å²) in [5.41, 5.74) is -0.472. The maximum atomic E-state index is 13.3. The molecule has 8 heteroatoms. The average Bonchev–Trinajstić information content (AvgIpc) is 3.53. The molecular weight excluding hydrogens is 391 g/mol. The third-order valence-corrected chi connectivity index (χ3v) is 6.84. The molecular formula is C19H18Cl2N2O4. The molecule has 2 aliphatic heterocycles. The Bertz CT molecular complexity index is 869. The molecule has 4 aliphatic rings. The minimum Gasteiger partial charge on any atom is -0.462 e. The van der Waals surface area contributed by atoms with Crippen molar-refractivity contribution < 1.29 is 19.1 Å². The van der Waals surface area contributed by atoms with Crippen molar-refractivity contribution in [2.75, 3.05) is 11.5 Å². The molecule has 5 rings (SSSR count). The van der Waals surface area contributed by atoms with Crippen LogP contribution < -0.4 is 4.90 Å². The zero-order valence-corrected chi connectivity index (χ0v) is 16.0. The molecule has 3 fully saturated rings. The molecule has 2 aliphatic carbocycles. The van der Waals surface area contributed by atoms with Gasteiger partial charge in [-0.1, -0.05) is 12.1 Å². The number of anilines is 1. The largest absolute Gasteiger partial charge is 0.462 e.